The molecule has 6 nitrogen and oxygen atoms in total. The molecule has 0 unspecified atom stereocenters. The Morgan fingerprint density at radius 2 is 1.66 bits per heavy atom. The van der Waals surface area contributed by atoms with Crippen LogP contribution in [0.3, 0.4) is 0 Å². The Labute approximate surface area is 191 Å². The summed E-state index contributed by atoms with van der Waals surface area (Å²) in [6.07, 6.45) is 0.889. The van der Waals surface area contributed by atoms with Crippen LogP contribution in [0.2, 0.25) is 0 Å². The molecule has 0 atom stereocenters. The second-order valence-electron chi connectivity index (χ2n) is 6.63. The Morgan fingerprint density at radius 3 is 2.38 bits per heavy atom. The van der Waals surface area contributed by atoms with E-state index in [0.717, 1.165) is 42.5 Å². The summed E-state index contributed by atoms with van der Waals surface area (Å²) in [5.41, 5.74) is 1.11. The van der Waals surface area contributed by atoms with Crippen molar-refractivity contribution in [3.63, 3.8) is 0 Å². The number of para-hydroxylation sites is 2. The number of nitrogens with one attached hydrogen (secondary N) is 2. The van der Waals surface area contributed by atoms with E-state index in [4.69, 9.17) is 9.47 Å². The molecule has 0 aliphatic carbocycles. The fourth-order valence-electron chi connectivity index (χ4n) is 2.51. The monoisotopic (exact) mass is 512 g/mol. The molecule has 7 heteroatoms. The van der Waals surface area contributed by atoms with E-state index in [1.54, 1.807) is 7.05 Å². The summed E-state index contributed by atoms with van der Waals surface area (Å²) in [6.45, 7) is 3.65. The highest BCUT2D eigenvalue weighted by molar-refractivity contribution is 14.0. The van der Waals surface area contributed by atoms with E-state index in [2.05, 4.69) is 26.6 Å². The molecule has 0 fully saturated rings. The number of hydrogen-bond donors (Lipinski definition) is 2. The first-order valence-corrected chi connectivity index (χ1v) is 9.67. The zero-order valence-corrected chi connectivity index (χ0v) is 19.9. The fourth-order valence-corrected chi connectivity index (χ4v) is 2.51. The Balaban J connectivity index is 0.00000420. The molecule has 2 N–H and O–H groups in total. The zero-order chi connectivity index (χ0) is 20.0. The SMILES string of the molecule is CN=C(NCCCOc1ccccc1)NCc1ccccc1OCCN(C)C.I. The number of guanidine groups is 1. The molecule has 0 saturated heterocycles. The lowest BCUT2D eigenvalue weighted by molar-refractivity contribution is 0.259. The molecular formula is C22H33IN4O2. The number of nitrogens with zero attached hydrogens (tertiary/aromatic N) is 2. The van der Waals surface area contributed by atoms with Crippen LogP contribution in [0.25, 0.3) is 0 Å². The summed E-state index contributed by atoms with van der Waals surface area (Å²) in [5.74, 6) is 2.57. The Morgan fingerprint density at radius 1 is 0.931 bits per heavy atom. The van der Waals surface area contributed by atoms with Crippen LogP contribution < -0.4 is 20.1 Å². The molecule has 160 valence electrons. The first-order chi connectivity index (χ1) is 13.7. The van der Waals surface area contributed by atoms with E-state index in [-0.39, 0.29) is 24.0 Å². The van der Waals surface area contributed by atoms with Crippen LogP contribution in [0.1, 0.15) is 12.0 Å². The molecule has 2 aromatic rings. The maximum absolute atomic E-state index is 5.91. The number of likely N-dealkylation sites (N-methyl/N-ethyl adjacent to an activating group) is 1. The van der Waals surface area contributed by atoms with Gasteiger partial charge in [-0.1, -0.05) is 36.4 Å². The van der Waals surface area contributed by atoms with Crippen molar-refractivity contribution in [2.45, 2.75) is 13.0 Å². The van der Waals surface area contributed by atoms with Gasteiger partial charge in [-0.15, -0.1) is 24.0 Å². The Hall–Kier alpha value is -2.00. The Kier molecular flexibility index (Phi) is 12.9. The first kappa shape index (κ1) is 25.0. The lowest BCUT2D eigenvalue weighted by Gasteiger charge is -2.16. The normalized spacial score (nSPS) is 11.0. The standard InChI is InChI=1S/C22H32N4O2.HI/c1-23-22(24-14-9-16-27-20-11-5-4-6-12-20)25-18-19-10-7-8-13-21(19)28-17-15-26(2)3;/h4-8,10-13H,9,14-18H2,1-3H3,(H2,23,24,25);1H. The third-order valence-corrected chi connectivity index (χ3v) is 4.06. The highest BCUT2D eigenvalue weighted by Crippen LogP contribution is 2.17. The van der Waals surface area contributed by atoms with Crippen molar-refractivity contribution in [1.29, 1.82) is 0 Å². The zero-order valence-electron chi connectivity index (χ0n) is 17.6. The second-order valence-corrected chi connectivity index (χ2v) is 6.63. The molecular weight excluding hydrogens is 479 g/mol. The van der Waals surface area contributed by atoms with Crippen LogP contribution in [-0.2, 0) is 6.54 Å². The van der Waals surface area contributed by atoms with Gasteiger partial charge >= 0.3 is 0 Å². The average molecular weight is 512 g/mol. The topological polar surface area (TPSA) is 58.1 Å². The molecule has 0 heterocycles. The number of rotatable bonds is 11. The summed E-state index contributed by atoms with van der Waals surface area (Å²) in [4.78, 5) is 6.39. The predicted octanol–water partition coefficient (Wildman–Crippen LogP) is 3.38. The van der Waals surface area contributed by atoms with Crippen molar-refractivity contribution < 1.29 is 9.47 Å². The molecule has 29 heavy (non-hydrogen) atoms. The van der Waals surface area contributed by atoms with Crippen molar-refractivity contribution in [1.82, 2.24) is 15.5 Å². The Bertz CT molecular complexity index is 711. The van der Waals surface area contributed by atoms with Gasteiger partial charge in [-0.05, 0) is 38.7 Å². The summed E-state index contributed by atoms with van der Waals surface area (Å²) in [5, 5.41) is 6.66. The molecule has 0 spiro atoms. The molecule has 2 aromatic carbocycles. The van der Waals surface area contributed by atoms with Gasteiger partial charge in [0.05, 0.1) is 6.61 Å². The molecule has 0 aromatic heterocycles. The maximum atomic E-state index is 5.91. The minimum atomic E-state index is 0. The molecule has 2 rings (SSSR count). The molecule has 0 saturated carbocycles. The van der Waals surface area contributed by atoms with Crippen molar-refractivity contribution in [3.8, 4) is 11.5 Å². The van der Waals surface area contributed by atoms with Gasteiger partial charge in [-0.3, -0.25) is 4.99 Å². The summed E-state index contributed by atoms with van der Waals surface area (Å²) in [6, 6.07) is 17.9. The van der Waals surface area contributed by atoms with E-state index >= 15 is 0 Å². The molecule has 0 radical (unpaired) electrons. The van der Waals surface area contributed by atoms with Gasteiger partial charge in [0.2, 0.25) is 0 Å². The number of benzene rings is 2. The van der Waals surface area contributed by atoms with Crippen LogP contribution >= 0.6 is 24.0 Å². The summed E-state index contributed by atoms with van der Waals surface area (Å²) in [7, 11) is 5.85. The van der Waals surface area contributed by atoms with E-state index in [9.17, 15) is 0 Å². The van der Waals surface area contributed by atoms with Crippen molar-refractivity contribution in [2.75, 3.05) is 47.4 Å². The highest BCUT2D eigenvalue weighted by Gasteiger charge is 2.05. The fraction of sp³-hybridized carbons (Fsp3) is 0.409. The van der Waals surface area contributed by atoms with Gasteiger partial charge in [-0.2, -0.15) is 0 Å². The van der Waals surface area contributed by atoms with Gasteiger partial charge in [0, 0.05) is 32.2 Å². The predicted molar refractivity (Wildman–Crippen MR) is 131 cm³/mol. The smallest absolute Gasteiger partial charge is 0.191 e. The van der Waals surface area contributed by atoms with E-state index in [1.807, 2.05) is 62.6 Å². The average Bonchev–Trinajstić information content (AvgIpc) is 2.71. The van der Waals surface area contributed by atoms with Gasteiger partial charge in [0.25, 0.3) is 0 Å². The third kappa shape index (κ3) is 10.4. The number of halogens is 1. The number of ether oxygens (including phenoxy) is 2. The third-order valence-electron chi connectivity index (χ3n) is 4.06. The van der Waals surface area contributed by atoms with Gasteiger partial charge in [0.15, 0.2) is 5.96 Å². The van der Waals surface area contributed by atoms with Crippen LogP contribution in [0.15, 0.2) is 59.6 Å². The highest BCUT2D eigenvalue weighted by atomic mass is 127. The molecule has 0 bridgehead atoms. The molecule has 0 aliphatic rings. The van der Waals surface area contributed by atoms with Crippen LogP contribution in [-0.4, -0.2) is 58.3 Å². The van der Waals surface area contributed by atoms with Gasteiger partial charge in [0.1, 0.15) is 18.1 Å². The molecule has 0 amide bonds. The lowest BCUT2D eigenvalue weighted by Crippen LogP contribution is -2.37. The van der Waals surface area contributed by atoms with Crippen LogP contribution in [0.5, 0.6) is 11.5 Å². The maximum Gasteiger partial charge on any atom is 0.191 e. The largest absolute Gasteiger partial charge is 0.494 e. The van der Waals surface area contributed by atoms with E-state index in [0.29, 0.717) is 19.8 Å². The first-order valence-electron chi connectivity index (χ1n) is 9.67. The number of hydrogen-bond acceptors (Lipinski definition) is 4. The van der Waals surface area contributed by atoms with Crippen molar-refractivity contribution in [3.05, 3.63) is 60.2 Å². The lowest BCUT2D eigenvalue weighted by atomic mass is 10.2. The van der Waals surface area contributed by atoms with Crippen molar-refractivity contribution >= 4 is 29.9 Å². The van der Waals surface area contributed by atoms with Gasteiger partial charge < -0.3 is 25.0 Å². The van der Waals surface area contributed by atoms with E-state index in [1.165, 1.54) is 0 Å². The summed E-state index contributed by atoms with van der Waals surface area (Å²) >= 11 is 0. The minimum Gasteiger partial charge on any atom is -0.494 e. The van der Waals surface area contributed by atoms with Gasteiger partial charge in [-0.25, -0.2) is 0 Å². The molecule has 0 aliphatic heterocycles. The minimum absolute atomic E-state index is 0. The number of aliphatic imine (C=N–C) groups is 1. The quantitative estimate of drug-likeness (QED) is 0.209. The van der Waals surface area contributed by atoms with Crippen LogP contribution in [0, 0.1) is 0 Å². The van der Waals surface area contributed by atoms with Crippen molar-refractivity contribution in [2.24, 2.45) is 4.99 Å². The van der Waals surface area contributed by atoms with Crippen LogP contribution in [0.4, 0.5) is 0 Å². The van der Waals surface area contributed by atoms with E-state index < -0.39 is 0 Å². The second kappa shape index (κ2) is 14.9. The summed E-state index contributed by atoms with van der Waals surface area (Å²) < 4.78 is 11.6.